The van der Waals surface area contributed by atoms with Crippen molar-refractivity contribution in [3.05, 3.63) is 65.9 Å². The lowest BCUT2D eigenvalue weighted by atomic mass is 10.1. The van der Waals surface area contributed by atoms with E-state index in [2.05, 4.69) is 11.9 Å². The summed E-state index contributed by atoms with van der Waals surface area (Å²) in [6, 6.07) is 11.6. The van der Waals surface area contributed by atoms with E-state index in [4.69, 9.17) is 9.84 Å². The van der Waals surface area contributed by atoms with Crippen LogP contribution in [0, 0.1) is 6.92 Å². The molecule has 0 fully saturated rings. The molecule has 2 N–H and O–H groups in total. The first kappa shape index (κ1) is 20.5. The molecule has 0 radical (unpaired) electrons. The lowest BCUT2D eigenvalue weighted by Gasteiger charge is -2.14. The number of nitrogens with zero attached hydrogens (tertiary/aromatic N) is 1. The van der Waals surface area contributed by atoms with Crippen LogP contribution in [0.5, 0.6) is 5.75 Å². The first-order valence-corrected chi connectivity index (χ1v) is 10.3. The van der Waals surface area contributed by atoms with Crippen molar-refractivity contribution in [2.45, 2.75) is 25.3 Å². The average Bonchev–Trinajstić information content (AvgIpc) is 3.03. The van der Waals surface area contributed by atoms with Gasteiger partial charge in [-0.05, 0) is 43.7 Å². The van der Waals surface area contributed by atoms with Gasteiger partial charge in [0.05, 0.1) is 29.8 Å². The lowest BCUT2D eigenvalue weighted by molar-refractivity contribution is 0.193. The molecule has 0 bridgehead atoms. The van der Waals surface area contributed by atoms with Crippen LogP contribution in [0.25, 0.3) is 16.5 Å². The fourth-order valence-electron chi connectivity index (χ4n) is 3.16. The van der Waals surface area contributed by atoms with Crippen molar-refractivity contribution < 1.29 is 23.1 Å². The van der Waals surface area contributed by atoms with E-state index in [1.165, 1.54) is 19.2 Å². The van der Waals surface area contributed by atoms with Crippen molar-refractivity contribution in [3.63, 3.8) is 0 Å². The summed E-state index contributed by atoms with van der Waals surface area (Å²) >= 11 is 0. The Kier molecular flexibility index (Phi) is 5.39. The maximum atomic E-state index is 13.4. The molecule has 0 spiro atoms. The third-order valence-electron chi connectivity index (χ3n) is 4.59. The summed E-state index contributed by atoms with van der Waals surface area (Å²) in [5, 5.41) is 11.9. The third-order valence-corrected chi connectivity index (χ3v) is 6.37. The second kappa shape index (κ2) is 7.63. The molecule has 3 rings (SSSR count). The highest BCUT2D eigenvalue weighted by atomic mass is 32.2. The number of aromatic nitrogens is 1. The van der Waals surface area contributed by atoms with Gasteiger partial charge < -0.3 is 15.2 Å². The van der Waals surface area contributed by atoms with Gasteiger partial charge in [0, 0.05) is 17.0 Å². The van der Waals surface area contributed by atoms with Gasteiger partial charge in [-0.2, -0.15) is 0 Å². The van der Waals surface area contributed by atoms with Crippen LogP contribution < -0.4 is 10.1 Å². The number of aryl methyl sites for hydroxylation is 1. The summed E-state index contributed by atoms with van der Waals surface area (Å²) in [6.07, 6.45) is -1.24. The molecule has 0 unspecified atom stereocenters. The van der Waals surface area contributed by atoms with Gasteiger partial charge in [0.25, 0.3) is 10.0 Å². The Bertz CT molecular complexity index is 1210. The van der Waals surface area contributed by atoms with Crippen LogP contribution >= 0.6 is 0 Å². The molecular formula is C21H22N2O5S. The number of carboxylic acid groups (broad SMARTS) is 1. The maximum Gasteiger partial charge on any atom is 0.404 e. The number of amides is 1. The maximum absolute atomic E-state index is 13.4. The quantitative estimate of drug-likeness (QED) is 0.635. The molecule has 0 aliphatic heterocycles. The monoisotopic (exact) mass is 414 g/mol. The molecule has 3 aromatic rings. The van der Waals surface area contributed by atoms with E-state index in [0.29, 0.717) is 22.3 Å². The van der Waals surface area contributed by atoms with Crippen molar-refractivity contribution >= 4 is 32.6 Å². The number of ether oxygens (including phenoxy) is 1. The predicted molar refractivity (Wildman–Crippen MR) is 112 cm³/mol. The van der Waals surface area contributed by atoms with Crippen LogP contribution in [-0.2, 0) is 16.6 Å². The highest BCUT2D eigenvalue weighted by molar-refractivity contribution is 7.90. The van der Waals surface area contributed by atoms with E-state index in [-0.39, 0.29) is 11.4 Å². The largest absolute Gasteiger partial charge is 0.496 e. The molecule has 0 saturated heterocycles. The van der Waals surface area contributed by atoms with Crippen LogP contribution in [-0.4, -0.2) is 30.7 Å². The standard InChI is InChI=1S/C21H22N2O5S/c1-13(2)18-10-15-9-16(12-22-21(24)25)23(19(15)11-20(18)28-4)29(26,27)17-7-5-14(3)6-8-17/h5-11,22H,1,12H2,2-4H3,(H,24,25). The van der Waals surface area contributed by atoms with Crippen molar-refractivity contribution in [1.29, 1.82) is 0 Å². The molecular weight excluding hydrogens is 392 g/mol. The summed E-state index contributed by atoms with van der Waals surface area (Å²) in [5.41, 5.74) is 3.14. The SMILES string of the molecule is C=C(C)c1cc2cc(CNC(=O)O)n(S(=O)(=O)c3ccc(C)cc3)c2cc1OC. The van der Waals surface area contributed by atoms with Crippen LogP contribution in [0.2, 0.25) is 0 Å². The minimum Gasteiger partial charge on any atom is -0.496 e. The van der Waals surface area contributed by atoms with Gasteiger partial charge in [-0.15, -0.1) is 0 Å². The van der Waals surface area contributed by atoms with Gasteiger partial charge in [-0.3, -0.25) is 0 Å². The average molecular weight is 414 g/mol. The highest BCUT2D eigenvalue weighted by Gasteiger charge is 2.24. The molecule has 2 aromatic carbocycles. The highest BCUT2D eigenvalue weighted by Crippen LogP contribution is 2.34. The molecule has 0 saturated carbocycles. The Morgan fingerprint density at radius 2 is 1.86 bits per heavy atom. The fraction of sp³-hybridized carbons (Fsp3) is 0.190. The van der Waals surface area contributed by atoms with E-state index in [9.17, 15) is 13.2 Å². The zero-order chi connectivity index (χ0) is 21.3. The summed E-state index contributed by atoms with van der Waals surface area (Å²) in [6.45, 7) is 7.47. The van der Waals surface area contributed by atoms with Crippen LogP contribution in [0.1, 0.15) is 23.7 Å². The van der Waals surface area contributed by atoms with Gasteiger partial charge in [0.2, 0.25) is 0 Å². The number of benzene rings is 2. The first-order valence-electron chi connectivity index (χ1n) is 8.82. The van der Waals surface area contributed by atoms with Gasteiger partial charge in [0.1, 0.15) is 5.75 Å². The third kappa shape index (κ3) is 3.84. The second-order valence-electron chi connectivity index (χ2n) is 6.77. The van der Waals surface area contributed by atoms with E-state index in [0.717, 1.165) is 20.7 Å². The van der Waals surface area contributed by atoms with Crippen molar-refractivity contribution in [3.8, 4) is 5.75 Å². The van der Waals surface area contributed by atoms with E-state index in [1.54, 1.807) is 30.3 Å². The van der Waals surface area contributed by atoms with Crippen molar-refractivity contribution in [2.24, 2.45) is 0 Å². The predicted octanol–water partition coefficient (Wildman–Crippen LogP) is 4.00. The Balaban J connectivity index is 2.32. The van der Waals surface area contributed by atoms with Gasteiger partial charge >= 0.3 is 6.09 Å². The number of methoxy groups -OCH3 is 1. The summed E-state index contributed by atoms with van der Waals surface area (Å²) < 4.78 is 33.5. The van der Waals surface area contributed by atoms with Gasteiger partial charge in [-0.1, -0.05) is 24.3 Å². The Morgan fingerprint density at radius 3 is 2.41 bits per heavy atom. The Hall–Kier alpha value is -3.26. The molecule has 1 heterocycles. The molecule has 152 valence electrons. The molecule has 8 heteroatoms. The number of rotatable bonds is 6. The summed E-state index contributed by atoms with van der Waals surface area (Å²) in [4.78, 5) is 11.1. The number of nitrogens with one attached hydrogen (secondary N) is 1. The molecule has 1 aromatic heterocycles. The molecule has 0 aliphatic carbocycles. The zero-order valence-electron chi connectivity index (χ0n) is 16.4. The van der Waals surface area contributed by atoms with E-state index in [1.807, 2.05) is 13.8 Å². The second-order valence-corrected chi connectivity index (χ2v) is 8.56. The number of hydrogen-bond acceptors (Lipinski definition) is 4. The van der Waals surface area contributed by atoms with Gasteiger partial charge in [-0.25, -0.2) is 17.2 Å². The smallest absolute Gasteiger partial charge is 0.404 e. The lowest BCUT2D eigenvalue weighted by Crippen LogP contribution is -2.24. The number of carbonyl (C=O) groups is 1. The number of fused-ring (bicyclic) bond motifs is 1. The number of hydrogen-bond donors (Lipinski definition) is 2. The molecule has 1 amide bonds. The van der Waals surface area contributed by atoms with E-state index >= 15 is 0 Å². The van der Waals surface area contributed by atoms with Crippen molar-refractivity contribution in [1.82, 2.24) is 9.29 Å². The molecule has 0 aliphatic rings. The molecule has 0 atom stereocenters. The van der Waals surface area contributed by atoms with Crippen molar-refractivity contribution in [2.75, 3.05) is 7.11 Å². The van der Waals surface area contributed by atoms with Gasteiger partial charge in [0.15, 0.2) is 0 Å². The fourth-order valence-corrected chi connectivity index (χ4v) is 4.69. The Labute approximate surface area is 169 Å². The topological polar surface area (TPSA) is 97.6 Å². The minimum absolute atomic E-state index is 0.111. The van der Waals surface area contributed by atoms with Crippen LogP contribution in [0.4, 0.5) is 4.79 Å². The molecule has 7 nitrogen and oxygen atoms in total. The zero-order valence-corrected chi connectivity index (χ0v) is 17.2. The summed E-state index contributed by atoms with van der Waals surface area (Å²) in [5.74, 6) is 0.487. The van der Waals surface area contributed by atoms with Crippen LogP contribution in [0.3, 0.4) is 0 Å². The van der Waals surface area contributed by atoms with E-state index < -0.39 is 16.1 Å². The summed E-state index contributed by atoms with van der Waals surface area (Å²) in [7, 11) is -2.47. The number of allylic oxidation sites excluding steroid dienone is 1. The minimum atomic E-state index is -3.97. The molecule has 29 heavy (non-hydrogen) atoms. The normalized spacial score (nSPS) is 11.4. The Morgan fingerprint density at radius 1 is 1.21 bits per heavy atom. The first-order chi connectivity index (χ1) is 13.6. The van der Waals surface area contributed by atoms with Crippen LogP contribution in [0.15, 0.2) is 53.9 Å².